The number of benzene rings is 2. The minimum absolute atomic E-state index is 0.0821. The fourth-order valence-corrected chi connectivity index (χ4v) is 2.72. The molecule has 128 valence electrons. The topological polar surface area (TPSA) is 81.7 Å². The Morgan fingerprint density at radius 3 is 2.29 bits per heavy atom. The Bertz CT molecular complexity index is 788. The van der Waals surface area contributed by atoms with Crippen molar-refractivity contribution in [2.75, 3.05) is 24.2 Å². The monoisotopic (exact) mass is 353 g/mol. The van der Waals surface area contributed by atoms with E-state index < -0.39 is 21.8 Å². The molecule has 24 heavy (non-hydrogen) atoms. The van der Waals surface area contributed by atoms with Gasteiger partial charge in [-0.1, -0.05) is 0 Å². The van der Waals surface area contributed by atoms with Crippen molar-refractivity contribution in [1.82, 2.24) is 0 Å². The average molecular weight is 353 g/mol. The van der Waals surface area contributed by atoms with Gasteiger partial charge in [0.1, 0.15) is 23.9 Å². The van der Waals surface area contributed by atoms with Crippen molar-refractivity contribution in [2.24, 2.45) is 0 Å². The third kappa shape index (κ3) is 5.24. The quantitative estimate of drug-likeness (QED) is 0.773. The lowest BCUT2D eigenvalue weighted by Crippen LogP contribution is -2.21. The third-order valence-corrected chi connectivity index (χ3v) is 4.26. The van der Waals surface area contributed by atoms with Crippen LogP contribution in [0.3, 0.4) is 0 Å². The van der Waals surface area contributed by atoms with Crippen LogP contribution in [0.5, 0.6) is 5.75 Å². The Hall–Kier alpha value is -2.61. The Balaban J connectivity index is 1.88. The Kier molecular flexibility index (Phi) is 5.75. The van der Waals surface area contributed by atoms with Gasteiger partial charge >= 0.3 is 5.97 Å². The normalized spacial score (nSPS) is 10.9. The highest BCUT2D eigenvalue weighted by Gasteiger charge is 2.12. The van der Waals surface area contributed by atoms with E-state index in [1.807, 2.05) is 0 Å². The van der Waals surface area contributed by atoms with E-state index >= 15 is 0 Å². The third-order valence-electron chi connectivity index (χ3n) is 3.01. The summed E-state index contributed by atoms with van der Waals surface area (Å²) in [5, 5.41) is 0. The van der Waals surface area contributed by atoms with Crippen molar-refractivity contribution in [3.63, 3.8) is 0 Å². The van der Waals surface area contributed by atoms with Gasteiger partial charge in [0.2, 0.25) is 10.0 Å². The van der Waals surface area contributed by atoms with E-state index in [4.69, 9.17) is 4.74 Å². The van der Waals surface area contributed by atoms with E-state index in [0.717, 1.165) is 0 Å². The van der Waals surface area contributed by atoms with Crippen molar-refractivity contribution < 1.29 is 27.1 Å². The van der Waals surface area contributed by atoms with Crippen molar-refractivity contribution >= 4 is 21.7 Å². The molecule has 8 heteroatoms. The summed E-state index contributed by atoms with van der Waals surface area (Å²) in [7, 11) is -2.35. The number of carbonyl (C=O) groups excluding carboxylic acids is 1. The first-order valence-corrected chi connectivity index (χ1v) is 8.62. The number of ether oxygens (including phenoxy) is 2. The summed E-state index contributed by atoms with van der Waals surface area (Å²) in [5.41, 5.74) is 0.643. The van der Waals surface area contributed by atoms with Crippen LogP contribution < -0.4 is 9.46 Å². The Morgan fingerprint density at radius 2 is 1.71 bits per heavy atom. The molecule has 0 aliphatic heterocycles. The summed E-state index contributed by atoms with van der Waals surface area (Å²) in [6.07, 6.45) is 0. The highest BCUT2D eigenvalue weighted by atomic mass is 32.2. The Morgan fingerprint density at radius 1 is 1.08 bits per heavy atom. The van der Waals surface area contributed by atoms with Crippen molar-refractivity contribution in [3.05, 3.63) is 59.9 Å². The van der Waals surface area contributed by atoms with Gasteiger partial charge in [-0.2, -0.15) is 0 Å². The molecule has 0 fully saturated rings. The number of halogens is 1. The van der Waals surface area contributed by atoms with Crippen LogP contribution in [0.1, 0.15) is 10.4 Å². The molecule has 0 aliphatic rings. The average Bonchev–Trinajstić information content (AvgIpc) is 2.56. The maximum Gasteiger partial charge on any atom is 0.337 e. The maximum atomic E-state index is 12.8. The highest BCUT2D eigenvalue weighted by Crippen LogP contribution is 2.13. The number of rotatable bonds is 7. The first-order valence-electron chi connectivity index (χ1n) is 6.97. The molecule has 0 saturated carbocycles. The molecule has 6 nitrogen and oxygen atoms in total. The lowest BCUT2D eigenvalue weighted by Gasteiger charge is -2.10. The molecule has 2 aromatic rings. The van der Waals surface area contributed by atoms with E-state index in [9.17, 15) is 17.6 Å². The number of esters is 1. The molecule has 0 aliphatic carbocycles. The van der Waals surface area contributed by atoms with Crippen LogP contribution in [-0.2, 0) is 14.8 Å². The summed E-state index contributed by atoms with van der Waals surface area (Å²) in [6, 6.07) is 11.1. The van der Waals surface area contributed by atoms with Crippen LogP contribution in [0, 0.1) is 5.82 Å². The fourth-order valence-electron chi connectivity index (χ4n) is 1.82. The van der Waals surface area contributed by atoms with E-state index in [1.165, 1.54) is 55.6 Å². The van der Waals surface area contributed by atoms with Gasteiger partial charge in [-0.05, 0) is 48.5 Å². The molecule has 0 radical (unpaired) electrons. The second kappa shape index (κ2) is 7.78. The summed E-state index contributed by atoms with van der Waals surface area (Å²) in [5.74, 6) is -0.790. The first kappa shape index (κ1) is 17.7. The first-order chi connectivity index (χ1) is 11.4. The maximum absolute atomic E-state index is 12.8. The number of methoxy groups -OCH3 is 1. The molecule has 0 saturated heterocycles. The Labute approximate surface area is 139 Å². The largest absolute Gasteiger partial charge is 0.492 e. The van der Waals surface area contributed by atoms with E-state index in [-0.39, 0.29) is 12.4 Å². The zero-order valence-electron chi connectivity index (χ0n) is 12.9. The summed E-state index contributed by atoms with van der Waals surface area (Å²) < 4.78 is 48.9. The van der Waals surface area contributed by atoms with Crippen molar-refractivity contribution in [3.8, 4) is 5.75 Å². The molecule has 0 heterocycles. The van der Waals surface area contributed by atoms with Gasteiger partial charge in [0.25, 0.3) is 0 Å². The van der Waals surface area contributed by atoms with Crippen LogP contribution in [0.25, 0.3) is 0 Å². The molecule has 0 bridgehead atoms. The summed E-state index contributed by atoms with van der Waals surface area (Å²) in [6.45, 7) is -0.0821. The number of nitrogens with one attached hydrogen (secondary N) is 1. The molecule has 0 unspecified atom stereocenters. The van der Waals surface area contributed by atoms with E-state index in [0.29, 0.717) is 17.0 Å². The molecule has 2 aromatic carbocycles. The van der Waals surface area contributed by atoms with Gasteiger partial charge in [-0.15, -0.1) is 0 Å². The predicted molar refractivity (Wildman–Crippen MR) is 87.1 cm³/mol. The molecule has 0 amide bonds. The zero-order valence-corrected chi connectivity index (χ0v) is 13.7. The van der Waals surface area contributed by atoms with Gasteiger partial charge in [-0.25, -0.2) is 17.6 Å². The molecule has 2 rings (SSSR count). The minimum atomic E-state index is -3.62. The van der Waals surface area contributed by atoms with E-state index in [2.05, 4.69) is 9.46 Å². The molecule has 0 atom stereocenters. The second-order valence-corrected chi connectivity index (χ2v) is 6.63. The van der Waals surface area contributed by atoms with Crippen LogP contribution in [0.15, 0.2) is 48.5 Å². The summed E-state index contributed by atoms with van der Waals surface area (Å²) in [4.78, 5) is 11.3. The smallest absolute Gasteiger partial charge is 0.337 e. The number of carbonyl (C=O) groups is 1. The highest BCUT2D eigenvalue weighted by molar-refractivity contribution is 7.92. The summed E-state index contributed by atoms with van der Waals surface area (Å²) >= 11 is 0. The lowest BCUT2D eigenvalue weighted by atomic mass is 10.2. The van der Waals surface area contributed by atoms with Crippen molar-refractivity contribution in [1.29, 1.82) is 0 Å². The second-order valence-electron chi connectivity index (χ2n) is 4.79. The van der Waals surface area contributed by atoms with Gasteiger partial charge in [0.05, 0.1) is 12.7 Å². The van der Waals surface area contributed by atoms with Crippen LogP contribution in [-0.4, -0.2) is 33.9 Å². The van der Waals surface area contributed by atoms with Crippen LogP contribution in [0.4, 0.5) is 10.1 Å². The van der Waals surface area contributed by atoms with Gasteiger partial charge in [-0.3, -0.25) is 4.72 Å². The molecule has 0 aromatic heterocycles. The standard InChI is InChI=1S/C16H16FNO5S/c1-22-16(19)12-2-6-14(7-3-12)18-24(20,21)11-10-23-15-8-4-13(17)5-9-15/h2-9,18H,10-11H2,1H3. The number of hydrogen-bond donors (Lipinski definition) is 1. The van der Waals surface area contributed by atoms with Crippen LogP contribution >= 0.6 is 0 Å². The lowest BCUT2D eigenvalue weighted by molar-refractivity contribution is 0.0600. The molecular formula is C16H16FNO5S. The van der Waals surface area contributed by atoms with Gasteiger partial charge in [0, 0.05) is 5.69 Å². The van der Waals surface area contributed by atoms with Crippen molar-refractivity contribution in [2.45, 2.75) is 0 Å². The van der Waals surface area contributed by atoms with Gasteiger partial charge < -0.3 is 9.47 Å². The fraction of sp³-hybridized carbons (Fsp3) is 0.188. The predicted octanol–water partition coefficient (Wildman–Crippen LogP) is 2.43. The number of anilines is 1. The minimum Gasteiger partial charge on any atom is -0.492 e. The van der Waals surface area contributed by atoms with Crippen LogP contribution in [0.2, 0.25) is 0 Å². The van der Waals surface area contributed by atoms with Gasteiger partial charge in [0.15, 0.2) is 0 Å². The molecule has 1 N–H and O–H groups in total. The molecule has 0 spiro atoms. The van der Waals surface area contributed by atoms with E-state index in [1.54, 1.807) is 0 Å². The number of sulfonamides is 1. The SMILES string of the molecule is COC(=O)c1ccc(NS(=O)(=O)CCOc2ccc(F)cc2)cc1. The molecular weight excluding hydrogens is 337 g/mol. The number of hydrogen-bond acceptors (Lipinski definition) is 5. The zero-order chi connectivity index (χ0) is 17.6.